The van der Waals surface area contributed by atoms with E-state index in [1.165, 1.54) is 11.1 Å². The van der Waals surface area contributed by atoms with Gasteiger partial charge >= 0.3 is 6.03 Å². The maximum Gasteiger partial charge on any atom is 0.321 e. The third-order valence-corrected chi connectivity index (χ3v) is 4.55. The van der Waals surface area contributed by atoms with E-state index in [0.29, 0.717) is 19.1 Å². The second-order valence-corrected chi connectivity index (χ2v) is 6.69. The van der Waals surface area contributed by atoms with Gasteiger partial charge in [-0.25, -0.2) is 4.79 Å². The Balaban J connectivity index is 1.47. The van der Waals surface area contributed by atoms with Gasteiger partial charge in [0, 0.05) is 12.2 Å². The molecule has 0 aliphatic carbocycles. The van der Waals surface area contributed by atoms with Gasteiger partial charge in [-0.3, -0.25) is 4.90 Å². The molecular weight excluding hydrogens is 312 g/mol. The summed E-state index contributed by atoms with van der Waals surface area (Å²) in [4.78, 5) is 14.3. The minimum Gasteiger partial charge on any atom is -0.492 e. The lowest BCUT2D eigenvalue weighted by molar-refractivity contribution is 0.241. The highest BCUT2D eigenvalue weighted by Crippen LogP contribution is 2.26. The van der Waals surface area contributed by atoms with E-state index in [1.54, 1.807) is 0 Å². The Bertz CT molecular complexity index is 710. The van der Waals surface area contributed by atoms with Crippen molar-refractivity contribution >= 4 is 11.7 Å². The molecule has 0 radical (unpaired) electrons. The molecule has 0 saturated carbocycles. The van der Waals surface area contributed by atoms with Gasteiger partial charge in [0.1, 0.15) is 12.4 Å². The van der Waals surface area contributed by atoms with Crippen molar-refractivity contribution < 1.29 is 9.53 Å². The number of carbonyl (C=O) groups excluding carboxylic acids is 1. The molecule has 3 rings (SSSR count). The lowest BCUT2D eigenvalue weighted by Crippen LogP contribution is -2.44. The predicted octanol–water partition coefficient (Wildman–Crippen LogP) is 4.35. The number of urea groups is 1. The Morgan fingerprint density at radius 2 is 1.92 bits per heavy atom. The van der Waals surface area contributed by atoms with Gasteiger partial charge in [0.25, 0.3) is 0 Å². The molecule has 1 aliphatic rings. The molecule has 2 amide bonds. The molecular formula is C21H26N2O2. The molecule has 0 spiro atoms. The molecule has 1 N–H and O–H groups in total. The number of fused-ring (bicyclic) bond motifs is 1. The maximum absolute atomic E-state index is 12.5. The zero-order valence-corrected chi connectivity index (χ0v) is 15.0. The van der Waals surface area contributed by atoms with Crippen LogP contribution in [-0.2, 0) is 6.42 Å². The van der Waals surface area contributed by atoms with Gasteiger partial charge < -0.3 is 10.1 Å². The molecule has 0 atom stereocenters. The number of hydrogen-bond donors (Lipinski definition) is 1. The van der Waals surface area contributed by atoms with Crippen LogP contribution in [0.1, 0.15) is 37.3 Å². The van der Waals surface area contributed by atoms with E-state index in [1.807, 2.05) is 35.2 Å². The molecule has 132 valence electrons. The van der Waals surface area contributed by atoms with Gasteiger partial charge in [0.15, 0.2) is 0 Å². The lowest BCUT2D eigenvalue weighted by Gasteiger charge is -2.29. The molecule has 0 unspecified atom stereocenters. The zero-order chi connectivity index (χ0) is 17.6. The summed E-state index contributed by atoms with van der Waals surface area (Å²) in [5.74, 6) is 1.35. The van der Waals surface area contributed by atoms with Crippen LogP contribution in [-0.4, -0.2) is 25.7 Å². The van der Waals surface area contributed by atoms with Crippen molar-refractivity contribution in [2.24, 2.45) is 0 Å². The number of aryl methyl sites for hydroxylation is 1. The third kappa shape index (κ3) is 4.32. The van der Waals surface area contributed by atoms with E-state index in [9.17, 15) is 4.79 Å². The van der Waals surface area contributed by atoms with Crippen LogP contribution in [0, 0.1) is 0 Å². The monoisotopic (exact) mass is 338 g/mol. The number of benzene rings is 2. The van der Waals surface area contributed by atoms with Crippen LogP contribution in [0.4, 0.5) is 10.5 Å². The first-order chi connectivity index (χ1) is 12.1. The molecule has 0 saturated heterocycles. The topological polar surface area (TPSA) is 41.6 Å². The Labute approximate surface area is 149 Å². The zero-order valence-electron chi connectivity index (χ0n) is 15.0. The van der Waals surface area contributed by atoms with Crippen molar-refractivity contribution in [1.82, 2.24) is 5.32 Å². The summed E-state index contributed by atoms with van der Waals surface area (Å²) in [6, 6.07) is 16.2. The molecule has 2 aromatic rings. The van der Waals surface area contributed by atoms with E-state index in [4.69, 9.17) is 4.74 Å². The van der Waals surface area contributed by atoms with Gasteiger partial charge in [-0.15, -0.1) is 0 Å². The Hall–Kier alpha value is -2.49. The summed E-state index contributed by atoms with van der Waals surface area (Å²) >= 11 is 0. The van der Waals surface area contributed by atoms with Crippen molar-refractivity contribution in [3.63, 3.8) is 0 Å². The summed E-state index contributed by atoms with van der Waals surface area (Å²) in [5, 5.41) is 2.96. The average Bonchev–Trinajstić information content (AvgIpc) is 2.65. The van der Waals surface area contributed by atoms with Gasteiger partial charge in [0.05, 0.1) is 6.54 Å². The van der Waals surface area contributed by atoms with Crippen molar-refractivity contribution in [2.45, 2.75) is 32.6 Å². The second-order valence-electron chi connectivity index (χ2n) is 6.69. The van der Waals surface area contributed by atoms with Crippen LogP contribution in [0.25, 0.3) is 0 Å². The molecule has 0 bridgehead atoms. The van der Waals surface area contributed by atoms with E-state index in [2.05, 4.69) is 37.4 Å². The van der Waals surface area contributed by atoms with Gasteiger partial charge in [-0.2, -0.15) is 0 Å². The number of hydrogen-bond acceptors (Lipinski definition) is 2. The molecule has 0 aromatic heterocycles. The molecule has 25 heavy (non-hydrogen) atoms. The highest BCUT2D eigenvalue weighted by Gasteiger charge is 2.21. The fraction of sp³-hybridized carbons (Fsp3) is 0.381. The van der Waals surface area contributed by atoms with Crippen LogP contribution in [0.2, 0.25) is 0 Å². The minimum atomic E-state index is -0.0501. The number of anilines is 1. The Morgan fingerprint density at radius 1 is 1.16 bits per heavy atom. The van der Waals surface area contributed by atoms with E-state index >= 15 is 0 Å². The normalized spacial score (nSPS) is 13.5. The van der Waals surface area contributed by atoms with Gasteiger partial charge in [-0.1, -0.05) is 44.2 Å². The van der Waals surface area contributed by atoms with Crippen LogP contribution in [0.15, 0.2) is 48.5 Å². The lowest BCUT2D eigenvalue weighted by atomic mass is 10.0. The predicted molar refractivity (Wildman–Crippen MR) is 102 cm³/mol. The fourth-order valence-corrected chi connectivity index (χ4v) is 3.12. The highest BCUT2D eigenvalue weighted by atomic mass is 16.5. The summed E-state index contributed by atoms with van der Waals surface area (Å²) in [5.41, 5.74) is 3.56. The molecule has 0 fully saturated rings. The summed E-state index contributed by atoms with van der Waals surface area (Å²) < 4.78 is 5.71. The summed E-state index contributed by atoms with van der Waals surface area (Å²) in [7, 11) is 0. The molecule has 1 heterocycles. The number of carbonyl (C=O) groups is 1. The number of para-hydroxylation sites is 1. The van der Waals surface area contributed by atoms with Gasteiger partial charge in [-0.05, 0) is 48.1 Å². The number of nitrogens with one attached hydrogen (secondary N) is 1. The molecule has 4 nitrogen and oxygen atoms in total. The fourth-order valence-electron chi connectivity index (χ4n) is 3.12. The van der Waals surface area contributed by atoms with Crippen molar-refractivity contribution in [3.8, 4) is 5.75 Å². The quantitative estimate of drug-likeness (QED) is 0.824. The number of amides is 2. The van der Waals surface area contributed by atoms with Gasteiger partial charge in [0.2, 0.25) is 0 Å². The highest BCUT2D eigenvalue weighted by molar-refractivity contribution is 5.93. The standard InChI is InChI=1S/C21H26N2O2/c1-16(2)17-9-11-19(12-10-17)25-15-13-22-21(24)23-14-5-7-18-6-3-4-8-20(18)23/h3-4,6,8-12,16H,5,7,13-15H2,1-2H3,(H,22,24). The van der Waals surface area contributed by atoms with E-state index in [-0.39, 0.29) is 6.03 Å². The Kier molecular flexibility index (Phi) is 5.59. The van der Waals surface area contributed by atoms with E-state index in [0.717, 1.165) is 30.8 Å². The minimum absolute atomic E-state index is 0.0501. The summed E-state index contributed by atoms with van der Waals surface area (Å²) in [6.45, 7) is 6.06. The van der Waals surface area contributed by atoms with E-state index < -0.39 is 0 Å². The average molecular weight is 338 g/mol. The summed E-state index contributed by atoms with van der Waals surface area (Å²) in [6.07, 6.45) is 2.04. The van der Waals surface area contributed by atoms with Crippen molar-refractivity contribution in [3.05, 3.63) is 59.7 Å². The first-order valence-electron chi connectivity index (χ1n) is 9.01. The van der Waals surface area contributed by atoms with Crippen LogP contribution >= 0.6 is 0 Å². The molecule has 1 aliphatic heterocycles. The maximum atomic E-state index is 12.5. The van der Waals surface area contributed by atoms with Crippen molar-refractivity contribution in [1.29, 1.82) is 0 Å². The van der Waals surface area contributed by atoms with Crippen LogP contribution in [0.5, 0.6) is 5.75 Å². The smallest absolute Gasteiger partial charge is 0.321 e. The van der Waals surface area contributed by atoms with Crippen molar-refractivity contribution in [2.75, 3.05) is 24.6 Å². The Morgan fingerprint density at radius 3 is 2.68 bits per heavy atom. The van der Waals surface area contributed by atoms with Crippen LogP contribution < -0.4 is 15.0 Å². The third-order valence-electron chi connectivity index (χ3n) is 4.55. The first-order valence-corrected chi connectivity index (χ1v) is 9.01. The SMILES string of the molecule is CC(C)c1ccc(OCCNC(=O)N2CCCc3ccccc32)cc1. The molecule has 2 aromatic carbocycles. The number of nitrogens with zero attached hydrogens (tertiary/aromatic N) is 1. The number of ether oxygens (including phenoxy) is 1. The molecule has 4 heteroatoms. The first kappa shape index (κ1) is 17.3. The number of rotatable bonds is 5. The largest absolute Gasteiger partial charge is 0.492 e. The second kappa shape index (κ2) is 8.06. The van der Waals surface area contributed by atoms with Crippen LogP contribution in [0.3, 0.4) is 0 Å².